The minimum Gasteiger partial charge on any atom is -0.474 e. The highest BCUT2D eigenvalue weighted by Gasteiger charge is 2.37. The van der Waals surface area contributed by atoms with Crippen molar-refractivity contribution in [2.24, 2.45) is 0 Å². The number of benzene rings is 1. The highest BCUT2D eigenvalue weighted by Crippen LogP contribution is 2.37. The second-order valence-corrected chi connectivity index (χ2v) is 7.24. The Kier molecular flexibility index (Phi) is 6.42. The van der Waals surface area contributed by atoms with E-state index in [4.69, 9.17) is 4.74 Å². The molecule has 0 bridgehead atoms. The summed E-state index contributed by atoms with van der Waals surface area (Å²) in [7, 11) is 1.75. The average Bonchev–Trinajstić information content (AvgIpc) is 2.68. The van der Waals surface area contributed by atoms with E-state index in [1.54, 1.807) is 11.9 Å². The number of nitrogens with zero attached hydrogens (tertiary/aromatic N) is 3. The van der Waals surface area contributed by atoms with Gasteiger partial charge in [0.1, 0.15) is 11.7 Å². The number of aromatic nitrogens is 2. The van der Waals surface area contributed by atoms with Crippen molar-refractivity contribution in [3.8, 4) is 5.88 Å². The molecule has 0 spiro atoms. The lowest BCUT2D eigenvalue weighted by Gasteiger charge is -2.25. The third kappa shape index (κ3) is 4.94. The first kappa shape index (κ1) is 20.4. The first-order valence-corrected chi connectivity index (χ1v) is 9.82. The van der Waals surface area contributed by atoms with Gasteiger partial charge in [-0.2, -0.15) is 18.2 Å². The van der Waals surface area contributed by atoms with E-state index in [1.807, 2.05) is 24.3 Å². The van der Waals surface area contributed by atoms with E-state index in [0.29, 0.717) is 0 Å². The van der Waals surface area contributed by atoms with Crippen molar-refractivity contribution in [3.05, 3.63) is 41.6 Å². The van der Waals surface area contributed by atoms with Gasteiger partial charge in [0.15, 0.2) is 0 Å². The fourth-order valence-corrected chi connectivity index (χ4v) is 3.47. The Morgan fingerprint density at radius 2 is 1.93 bits per heavy atom. The van der Waals surface area contributed by atoms with E-state index in [9.17, 15) is 13.2 Å². The van der Waals surface area contributed by atoms with Crippen LogP contribution in [-0.2, 0) is 12.6 Å². The summed E-state index contributed by atoms with van der Waals surface area (Å²) in [5, 5.41) is 0. The third-order valence-electron chi connectivity index (χ3n) is 5.01. The lowest BCUT2D eigenvalue weighted by atomic mass is 9.98. The predicted octanol–water partition coefficient (Wildman–Crippen LogP) is 5.93. The number of hydrogen-bond donors (Lipinski definition) is 0. The molecule has 1 fully saturated rings. The van der Waals surface area contributed by atoms with Crippen molar-refractivity contribution in [3.63, 3.8) is 0 Å². The number of halogens is 3. The van der Waals surface area contributed by atoms with Crippen LogP contribution in [-0.4, -0.2) is 23.1 Å². The van der Waals surface area contributed by atoms with Crippen LogP contribution >= 0.6 is 0 Å². The van der Waals surface area contributed by atoms with Crippen molar-refractivity contribution < 1.29 is 17.9 Å². The van der Waals surface area contributed by atoms with E-state index in [2.05, 4.69) is 16.9 Å². The van der Waals surface area contributed by atoms with Crippen LogP contribution in [0.3, 0.4) is 0 Å². The Balaban J connectivity index is 1.90. The summed E-state index contributed by atoms with van der Waals surface area (Å²) in [5.41, 5.74) is 1.07. The summed E-state index contributed by atoms with van der Waals surface area (Å²) in [6, 6.07) is 7.86. The topological polar surface area (TPSA) is 38.2 Å². The van der Waals surface area contributed by atoms with Crippen LogP contribution in [0.1, 0.15) is 56.6 Å². The average molecular weight is 393 g/mol. The number of anilines is 2. The van der Waals surface area contributed by atoms with Gasteiger partial charge < -0.3 is 9.64 Å². The first-order valence-electron chi connectivity index (χ1n) is 9.82. The Morgan fingerprint density at radius 1 is 1.18 bits per heavy atom. The largest absolute Gasteiger partial charge is 0.474 e. The molecule has 4 nitrogen and oxygen atoms in total. The lowest BCUT2D eigenvalue weighted by molar-refractivity contribution is -0.140. The molecule has 1 aromatic heterocycles. The molecule has 0 saturated heterocycles. The minimum atomic E-state index is -4.55. The van der Waals surface area contributed by atoms with Gasteiger partial charge in [0.25, 0.3) is 0 Å². The molecule has 3 rings (SSSR count). The number of alkyl halides is 3. The monoisotopic (exact) mass is 393 g/mol. The van der Waals surface area contributed by atoms with E-state index in [1.165, 1.54) is 0 Å². The molecule has 7 heteroatoms. The maximum absolute atomic E-state index is 13.4. The smallest absolute Gasteiger partial charge is 0.423 e. The van der Waals surface area contributed by atoms with Crippen molar-refractivity contribution in [1.82, 2.24) is 9.97 Å². The molecule has 1 aromatic carbocycles. The second kappa shape index (κ2) is 8.80. The Labute approximate surface area is 163 Å². The van der Waals surface area contributed by atoms with Gasteiger partial charge in [-0.3, -0.25) is 0 Å². The summed E-state index contributed by atoms with van der Waals surface area (Å²) < 4.78 is 46.0. The fraction of sp³-hybridized carbons (Fsp3) is 0.524. The van der Waals surface area contributed by atoms with Crippen LogP contribution < -0.4 is 9.64 Å². The molecule has 0 atom stereocenters. The zero-order chi connectivity index (χ0) is 20.1. The first-order chi connectivity index (χ1) is 13.4. The van der Waals surface area contributed by atoms with E-state index in [-0.39, 0.29) is 17.9 Å². The predicted molar refractivity (Wildman–Crippen MR) is 103 cm³/mol. The van der Waals surface area contributed by atoms with Gasteiger partial charge in [-0.25, -0.2) is 4.98 Å². The van der Waals surface area contributed by atoms with E-state index < -0.39 is 11.7 Å². The quantitative estimate of drug-likeness (QED) is 0.610. The van der Waals surface area contributed by atoms with Crippen LogP contribution in [0.4, 0.5) is 24.8 Å². The number of ether oxygens (including phenoxy) is 1. The van der Waals surface area contributed by atoms with Crippen LogP contribution in [0.2, 0.25) is 0 Å². The summed E-state index contributed by atoms with van der Waals surface area (Å²) in [6.45, 7) is 2.10. The number of hydrogen-bond acceptors (Lipinski definition) is 4. The van der Waals surface area contributed by atoms with Crippen LogP contribution in [0.15, 0.2) is 30.5 Å². The van der Waals surface area contributed by atoms with Crippen LogP contribution in [0.5, 0.6) is 5.88 Å². The Morgan fingerprint density at radius 3 is 2.61 bits per heavy atom. The molecule has 152 valence electrons. The van der Waals surface area contributed by atoms with Crippen molar-refractivity contribution >= 4 is 11.6 Å². The number of aryl methyl sites for hydroxylation is 1. The molecule has 0 radical (unpaired) electrons. The summed E-state index contributed by atoms with van der Waals surface area (Å²) in [4.78, 5) is 9.81. The number of rotatable bonds is 6. The zero-order valence-corrected chi connectivity index (χ0v) is 16.3. The van der Waals surface area contributed by atoms with Gasteiger partial charge in [0.2, 0.25) is 11.8 Å². The SMILES string of the molecule is CCCc1cccc(N(C)c2ncc(C(F)(F)F)c(OC3CCCCC3)n2)c1. The highest BCUT2D eigenvalue weighted by atomic mass is 19.4. The van der Waals surface area contributed by atoms with Crippen LogP contribution in [0, 0.1) is 0 Å². The normalized spacial score (nSPS) is 15.5. The van der Waals surface area contributed by atoms with Gasteiger partial charge in [-0.05, 0) is 49.8 Å². The Hall–Kier alpha value is -2.31. The summed E-state index contributed by atoms with van der Waals surface area (Å²) in [6.07, 6.45) is 2.54. The summed E-state index contributed by atoms with van der Waals surface area (Å²) >= 11 is 0. The maximum Gasteiger partial charge on any atom is 0.423 e. The maximum atomic E-state index is 13.4. The molecule has 0 aliphatic heterocycles. The van der Waals surface area contributed by atoms with Crippen molar-refractivity contribution in [2.45, 2.75) is 64.1 Å². The molecule has 0 N–H and O–H groups in total. The fourth-order valence-electron chi connectivity index (χ4n) is 3.47. The zero-order valence-electron chi connectivity index (χ0n) is 16.3. The second-order valence-electron chi connectivity index (χ2n) is 7.24. The molecular weight excluding hydrogens is 367 g/mol. The molecule has 1 aliphatic carbocycles. The molecule has 28 heavy (non-hydrogen) atoms. The van der Waals surface area contributed by atoms with Crippen molar-refractivity contribution in [1.29, 1.82) is 0 Å². The Bertz CT molecular complexity index is 789. The molecule has 0 unspecified atom stereocenters. The van der Waals surface area contributed by atoms with Gasteiger partial charge in [-0.1, -0.05) is 31.9 Å². The van der Waals surface area contributed by atoms with E-state index >= 15 is 0 Å². The molecule has 1 aliphatic rings. The van der Waals surface area contributed by atoms with Crippen molar-refractivity contribution in [2.75, 3.05) is 11.9 Å². The van der Waals surface area contributed by atoms with Gasteiger partial charge in [0, 0.05) is 18.9 Å². The van der Waals surface area contributed by atoms with Crippen LogP contribution in [0.25, 0.3) is 0 Å². The standard InChI is InChI=1S/C21H26F3N3O/c1-3-8-15-9-7-10-16(13-15)27(2)20-25-14-18(21(22,23)24)19(26-20)28-17-11-5-4-6-12-17/h7,9-10,13-14,17H,3-6,8,11-12H2,1-2H3. The lowest BCUT2D eigenvalue weighted by Crippen LogP contribution is -2.23. The van der Waals surface area contributed by atoms with Gasteiger partial charge >= 0.3 is 6.18 Å². The highest BCUT2D eigenvalue weighted by molar-refractivity contribution is 5.58. The molecule has 1 heterocycles. The molecule has 1 saturated carbocycles. The molecule has 2 aromatic rings. The summed E-state index contributed by atoms with van der Waals surface area (Å²) in [5.74, 6) is -0.187. The molecule has 0 amide bonds. The van der Waals surface area contributed by atoms with E-state index in [0.717, 1.165) is 62.4 Å². The molecular formula is C21H26F3N3O. The van der Waals surface area contributed by atoms with Gasteiger partial charge in [0.05, 0.1) is 0 Å². The van der Waals surface area contributed by atoms with Gasteiger partial charge in [-0.15, -0.1) is 0 Å². The third-order valence-corrected chi connectivity index (χ3v) is 5.01. The minimum absolute atomic E-state index is 0.187.